The smallest absolute Gasteiger partial charge is 0.164 e. The standard InChI is InChI=1S/C11H20N4/c1-4-6-12-8-11-13-9-15(14-11)7-5-10(2)3/h9,12H,2,4-8H2,1,3H3. The van der Waals surface area contributed by atoms with Gasteiger partial charge in [0, 0.05) is 6.54 Å². The number of aryl methyl sites for hydroxylation is 1. The summed E-state index contributed by atoms with van der Waals surface area (Å²) in [5.74, 6) is 0.866. The molecule has 0 saturated heterocycles. The number of nitrogens with zero attached hydrogens (tertiary/aromatic N) is 3. The molecule has 15 heavy (non-hydrogen) atoms. The van der Waals surface area contributed by atoms with Crippen molar-refractivity contribution in [3.63, 3.8) is 0 Å². The van der Waals surface area contributed by atoms with Gasteiger partial charge in [-0.1, -0.05) is 12.5 Å². The minimum Gasteiger partial charge on any atom is -0.310 e. The molecular formula is C11H20N4. The van der Waals surface area contributed by atoms with Gasteiger partial charge in [-0.15, -0.1) is 6.58 Å². The third-order valence-electron chi connectivity index (χ3n) is 2.06. The fraction of sp³-hybridized carbons (Fsp3) is 0.636. The van der Waals surface area contributed by atoms with E-state index in [1.54, 1.807) is 6.33 Å². The molecule has 1 N–H and O–H groups in total. The second kappa shape index (κ2) is 6.35. The molecule has 0 bridgehead atoms. The molecule has 4 nitrogen and oxygen atoms in total. The number of nitrogens with one attached hydrogen (secondary N) is 1. The van der Waals surface area contributed by atoms with Gasteiger partial charge in [0.15, 0.2) is 5.82 Å². The zero-order valence-electron chi connectivity index (χ0n) is 9.66. The van der Waals surface area contributed by atoms with Crippen LogP contribution in [0.5, 0.6) is 0 Å². The molecule has 1 aromatic heterocycles. The Labute approximate surface area is 91.4 Å². The maximum Gasteiger partial charge on any atom is 0.164 e. The Kier molecular flexibility index (Phi) is 5.04. The van der Waals surface area contributed by atoms with Crippen LogP contribution in [0.3, 0.4) is 0 Å². The van der Waals surface area contributed by atoms with Crippen molar-refractivity contribution in [2.45, 2.75) is 39.8 Å². The van der Waals surface area contributed by atoms with Crippen molar-refractivity contribution in [3.05, 3.63) is 24.3 Å². The van der Waals surface area contributed by atoms with Crippen molar-refractivity contribution in [1.82, 2.24) is 20.1 Å². The Morgan fingerprint density at radius 2 is 2.40 bits per heavy atom. The quantitative estimate of drug-likeness (QED) is 0.548. The monoisotopic (exact) mass is 208 g/mol. The Hall–Kier alpha value is -1.16. The average molecular weight is 208 g/mol. The van der Waals surface area contributed by atoms with Crippen LogP contribution >= 0.6 is 0 Å². The summed E-state index contributed by atoms with van der Waals surface area (Å²) in [4.78, 5) is 4.23. The molecule has 0 fully saturated rings. The molecule has 0 unspecified atom stereocenters. The van der Waals surface area contributed by atoms with Crippen molar-refractivity contribution < 1.29 is 0 Å². The van der Waals surface area contributed by atoms with Gasteiger partial charge >= 0.3 is 0 Å². The third kappa shape index (κ3) is 4.74. The molecule has 0 saturated carbocycles. The highest BCUT2D eigenvalue weighted by molar-refractivity contribution is 4.88. The van der Waals surface area contributed by atoms with E-state index in [1.165, 1.54) is 5.57 Å². The highest BCUT2D eigenvalue weighted by Gasteiger charge is 1.99. The van der Waals surface area contributed by atoms with Crippen LogP contribution in [0.1, 0.15) is 32.5 Å². The molecular weight excluding hydrogens is 188 g/mol. The summed E-state index contributed by atoms with van der Waals surface area (Å²) >= 11 is 0. The minimum absolute atomic E-state index is 0.758. The maximum absolute atomic E-state index is 4.36. The van der Waals surface area contributed by atoms with Gasteiger partial charge in [0.25, 0.3) is 0 Å². The van der Waals surface area contributed by atoms with Gasteiger partial charge in [-0.2, -0.15) is 5.10 Å². The van der Waals surface area contributed by atoms with E-state index in [4.69, 9.17) is 0 Å². The predicted octanol–water partition coefficient (Wildman–Crippen LogP) is 1.74. The molecule has 1 rings (SSSR count). The Bertz CT molecular complexity index is 303. The van der Waals surface area contributed by atoms with Gasteiger partial charge in [-0.3, -0.25) is 4.68 Å². The first kappa shape index (κ1) is 11.9. The van der Waals surface area contributed by atoms with Crippen LogP contribution in [0.4, 0.5) is 0 Å². The second-order valence-electron chi connectivity index (χ2n) is 3.81. The molecule has 0 aromatic carbocycles. The minimum atomic E-state index is 0.758. The number of rotatable bonds is 7. The Morgan fingerprint density at radius 3 is 3.07 bits per heavy atom. The lowest BCUT2D eigenvalue weighted by Crippen LogP contribution is -2.15. The number of allylic oxidation sites excluding steroid dienone is 1. The van der Waals surface area contributed by atoms with E-state index in [0.717, 1.165) is 38.3 Å². The normalized spacial score (nSPS) is 10.5. The van der Waals surface area contributed by atoms with Crippen LogP contribution in [0.2, 0.25) is 0 Å². The van der Waals surface area contributed by atoms with Gasteiger partial charge in [-0.25, -0.2) is 4.98 Å². The molecule has 0 aliphatic carbocycles. The first-order valence-corrected chi connectivity index (χ1v) is 5.45. The van der Waals surface area contributed by atoms with Crippen molar-refractivity contribution in [2.24, 2.45) is 0 Å². The lowest BCUT2D eigenvalue weighted by molar-refractivity contribution is 0.589. The van der Waals surface area contributed by atoms with Gasteiger partial charge in [-0.05, 0) is 26.3 Å². The number of hydrogen-bond donors (Lipinski definition) is 1. The van der Waals surface area contributed by atoms with Crippen LogP contribution in [-0.4, -0.2) is 21.3 Å². The highest BCUT2D eigenvalue weighted by Crippen LogP contribution is 1.98. The molecule has 0 radical (unpaired) electrons. The fourth-order valence-corrected chi connectivity index (χ4v) is 1.20. The van der Waals surface area contributed by atoms with Crippen LogP contribution in [-0.2, 0) is 13.1 Å². The lowest BCUT2D eigenvalue weighted by Gasteiger charge is -1.99. The van der Waals surface area contributed by atoms with Gasteiger partial charge in [0.2, 0.25) is 0 Å². The topological polar surface area (TPSA) is 42.7 Å². The van der Waals surface area contributed by atoms with E-state index in [9.17, 15) is 0 Å². The maximum atomic E-state index is 4.36. The average Bonchev–Trinajstić information content (AvgIpc) is 2.63. The predicted molar refractivity (Wildman–Crippen MR) is 61.5 cm³/mol. The SMILES string of the molecule is C=C(C)CCn1cnc(CNCCC)n1. The molecule has 84 valence electrons. The molecule has 0 aliphatic rings. The first-order valence-electron chi connectivity index (χ1n) is 5.45. The Balaban J connectivity index is 2.32. The lowest BCUT2D eigenvalue weighted by atomic mass is 10.2. The summed E-state index contributed by atoms with van der Waals surface area (Å²) < 4.78 is 1.87. The van der Waals surface area contributed by atoms with Crippen LogP contribution < -0.4 is 5.32 Å². The van der Waals surface area contributed by atoms with E-state index in [1.807, 2.05) is 11.6 Å². The molecule has 0 aliphatic heterocycles. The zero-order valence-corrected chi connectivity index (χ0v) is 9.66. The Morgan fingerprint density at radius 1 is 1.60 bits per heavy atom. The van der Waals surface area contributed by atoms with Gasteiger partial charge in [0.05, 0.1) is 6.54 Å². The molecule has 0 amide bonds. The van der Waals surface area contributed by atoms with Crippen molar-refractivity contribution in [2.75, 3.05) is 6.54 Å². The number of aromatic nitrogens is 3. The van der Waals surface area contributed by atoms with Crippen molar-refractivity contribution >= 4 is 0 Å². The van der Waals surface area contributed by atoms with Crippen LogP contribution in [0.15, 0.2) is 18.5 Å². The van der Waals surface area contributed by atoms with E-state index in [2.05, 4.69) is 28.9 Å². The summed E-state index contributed by atoms with van der Waals surface area (Å²) in [7, 11) is 0. The van der Waals surface area contributed by atoms with Gasteiger partial charge in [0.1, 0.15) is 6.33 Å². The molecule has 1 aromatic rings. The largest absolute Gasteiger partial charge is 0.310 e. The summed E-state index contributed by atoms with van der Waals surface area (Å²) in [5.41, 5.74) is 1.18. The summed E-state index contributed by atoms with van der Waals surface area (Å²) in [6, 6.07) is 0. The summed E-state index contributed by atoms with van der Waals surface area (Å²) in [6.45, 7) is 10.7. The second-order valence-corrected chi connectivity index (χ2v) is 3.81. The van der Waals surface area contributed by atoms with Crippen LogP contribution in [0, 0.1) is 0 Å². The summed E-state index contributed by atoms with van der Waals surface area (Å²) in [6.07, 6.45) is 3.88. The molecule has 4 heteroatoms. The first-order chi connectivity index (χ1) is 7.22. The van der Waals surface area contributed by atoms with Crippen molar-refractivity contribution in [3.8, 4) is 0 Å². The summed E-state index contributed by atoms with van der Waals surface area (Å²) in [5, 5.41) is 7.63. The molecule has 0 atom stereocenters. The van der Waals surface area contributed by atoms with E-state index in [-0.39, 0.29) is 0 Å². The van der Waals surface area contributed by atoms with Crippen LogP contribution in [0.25, 0.3) is 0 Å². The molecule has 0 spiro atoms. The number of hydrogen-bond acceptors (Lipinski definition) is 3. The van der Waals surface area contributed by atoms with E-state index < -0.39 is 0 Å². The third-order valence-corrected chi connectivity index (χ3v) is 2.06. The highest BCUT2D eigenvalue weighted by atomic mass is 15.3. The molecule has 1 heterocycles. The fourth-order valence-electron chi connectivity index (χ4n) is 1.20. The van der Waals surface area contributed by atoms with E-state index >= 15 is 0 Å². The van der Waals surface area contributed by atoms with Crippen molar-refractivity contribution in [1.29, 1.82) is 0 Å². The van der Waals surface area contributed by atoms with E-state index in [0.29, 0.717) is 0 Å². The van der Waals surface area contributed by atoms with Gasteiger partial charge < -0.3 is 5.32 Å². The zero-order chi connectivity index (χ0) is 11.1.